The van der Waals surface area contributed by atoms with E-state index >= 15 is 0 Å². The summed E-state index contributed by atoms with van der Waals surface area (Å²) in [5.74, 6) is 0. The number of nitrogens with one attached hydrogen (secondary N) is 1. The van der Waals surface area contributed by atoms with Gasteiger partial charge in [-0.2, -0.15) is 0 Å². The fourth-order valence-corrected chi connectivity index (χ4v) is 4.48. The van der Waals surface area contributed by atoms with Crippen LogP contribution in [0.1, 0.15) is 5.56 Å². The highest BCUT2D eigenvalue weighted by Gasteiger charge is 2.17. The predicted octanol–water partition coefficient (Wildman–Crippen LogP) is 3.20. The molecule has 3 N–H and O–H groups in total. The lowest BCUT2D eigenvalue weighted by Crippen LogP contribution is -2.12. The molecule has 18 heavy (non-hydrogen) atoms. The minimum Gasteiger partial charge on any atom is -0.397 e. The Kier molecular flexibility index (Phi) is 3.65. The van der Waals surface area contributed by atoms with Crippen LogP contribution in [-0.4, -0.2) is 8.42 Å². The fraction of sp³-hybridized carbons (Fsp3) is 0.0909. The molecule has 0 unspecified atom stereocenters. The number of benzene rings is 1. The van der Waals surface area contributed by atoms with Gasteiger partial charge in [0.15, 0.2) is 0 Å². The number of hydrogen-bond acceptors (Lipinski definition) is 4. The summed E-state index contributed by atoms with van der Waals surface area (Å²) in [5, 5.41) is 0. The Hall–Kier alpha value is -1.05. The van der Waals surface area contributed by atoms with Crippen LogP contribution in [0.3, 0.4) is 0 Å². The lowest BCUT2D eigenvalue weighted by atomic mass is 10.2. The van der Waals surface area contributed by atoms with Gasteiger partial charge in [-0.25, -0.2) is 8.42 Å². The molecule has 1 aromatic carbocycles. The molecule has 0 fully saturated rings. The van der Waals surface area contributed by atoms with E-state index in [0.717, 1.165) is 20.7 Å². The van der Waals surface area contributed by atoms with Crippen LogP contribution in [0.15, 0.2) is 38.3 Å². The molecular formula is C11H11BrN2O2S2. The van der Waals surface area contributed by atoms with Gasteiger partial charge >= 0.3 is 0 Å². The predicted molar refractivity (Wildman–Crippen MR) is 78.4 cm³/mol. The molecule has 1 heterocycles. The lowest BCUT2D eigenvalue weighted by Gasteiger charge is -2.09. The third-order valence-electron chi connectivity index (χ3n) is 2.27. The van der Waals surface area contributed by atoms with Crippen molar-refractivity contribution in [2.24, 2.45) is 0 Å². The van der Waals surface area contributed by atoms with Crippen LogP contribution in [0.5, 0.6) is 0 Å². The Morgan fingerprint density at radius 1 is 1.28 bits per heavy atom. The van der Waals surface area contributed by atoms with E-state index < -0.39 is 10.0 Å². The standard InChI is InChI=1S/C11H11BrN2O2S2/c1-7-2-3-8(13)9(6-7)14-18(15,16)11-5-4-10(12)17-11/h2-6,14H,13H2,1H3. The van der Waals surface area contributed by atoms with E-state index in [4.69, 9.17) is 5.73 Å². The average molecular weight is 347 g/mol. The van der Waals surface area contributed by atoms with Crippen molar-refractivity contribution in [1.82, 2.24) is 0 Å². The number of hydrogen-bond donors (Lipinski definition) is 2. The second-order valence-electron chi connectivity index (χ2n) is 3.75. The summed E-state index contributed by atoms with van der Waals surface area (Å²) in [6.07, 6.45) is 0. The Labute approximate surface area is 118 Å². The number of nitrogen functional groups attached to an aromatic ring is 1. The first-order valence-corrected chi connectivity index (χ1v) is 8.12. The van der Waals surface area contributed by atoms with Crippen molar-refractivity contribution in [2.45, 2.75) is 11.1 Å². The Morgan fingerprint density at radius 2 is 2.00 bits per heavy atom. The molecule has 2 aromatic rings. The van der Waals surface area contributed by atoms with Gasteiger partial charge < -0.3 is 5.73 Å². The molecule has 0 aliphatic heterocycles. The Morgan fingerprint density at radius 3 is 2.61 bits per heavy atom. The molecule has 4 nitrogen and oxygen atoms in total. The van der Waals surface area contributed by atoms with Crippen LogP contribution in [0.2, 0.25) is 0 Å². The summed E-state index contributed by atoms with van der Waals surface area (Å²) in [5.41, 5.74) is 7.49. The molecule has 0 amide bonds. The number of thiophene rings is 1. The minimum atomic E-state index is -3.57. The summed E-state index contributed by atoms with van der Waals surface area (Å²) in [7, 11) is -3.57. The molecule has 96 valence electrons. The molecule has 0 radical (unpaired) electrons. The molecule has 0 aliphatic carbocycles. The molecule has 2 rings (SSSR count). The van der Waals surface area contributed by atoms with E-state index in [1.807, 2.05) is 13.0 Å². The third kappa shape index (κ3) is 2.85. The quantitative estimate of drug-likeness (QED) is 0.838. The zero-order valence-corrected chi connectivity index (χ0v) is 12.7. The molecule has 0 aliphatic rings. The zero-order valence-electron chi connectivity index (χ0n) is 9.48. The molecule has 0 bridgehead atoms. The molecule has 7 heteroatoms. The van der Waals surface area contributed by atoms with Gasteiger partial charge in [0.2, 0.25) is 0 Å². The van der Waals surface area contributed by atoms with Crippen molar-refractivity contribution in [3.8, 4) is 0 Å². The molecule has 0 saturated carbocycles. The van der Waals surface area contributed by atoms with Gasteiger partial charge in [-0.1, -0.05) is 6.07 Å². The first kappa shape index (κ1) is 13.4. The third-order valence-corrected chi connectivity index (χ3v) is 5.75. The monoisotopic (exact) mass is 346 g/mol. The van der Waals surface area contributed by atoms with E-state index in [0.29, 0.717) is 11.4 Å². The second-order valence-corrected chi connectivity index (χ2v) is 8.13. The largest absolute Gasteiger partial charge is 0.397 e. The maximum atomic E-state index is 12.1. The van der Waals surface area contributed by atoms with Gasteiger partial charge in [-0.3, -0.25) is 4.72 Å². The summed E-state index contributed by atoms with van der Waals surface area (Å²) in [6, 6.07) is 8.45. The Bertz CT molecular complexity index is 680. The van der Waals surface area contributed by atoms with Crippen molar-refractivity contribution < 1.29 is 8.42 Å². The van der Waals surface area contributed by atoms with Gasteiger partial charge in [-0.05, 0) is 52.7 Å². The van der Waals surface area contributed by atoms with Crippen LogP contribution >= 0.6 is 27.3 Å². The topological polar surface area (TPSA) is 72.2 Å². The van der Waals surface area contributed by atoms with E-state index in [2.05, 4.69) is 20.7 Å². The van der Waals surface area contributed by atoms with Crippen molar-refractivity contribution in [1.29, 1.82) is 0 Å². The normalized spacial score (nSPS) is 11.4. The number of aryl methyl sites for hydroxylation is 1. The minimum absolute atomic E-state index is 0.246. The smallest absolute Gasteiger partial charge is 0.271 e. The highest BCUT2D eigenvalue weighted by molar-refractivity contribution is 9.11. The molecule has 1 aromatic heterocycles. The van der Waals surface area contributed by atoms with E-state index in [1.165, 1.54) is 0 Å². The molecule has 0 spiro atoms. The van der Waals surface area contributed by atoms with Crippen LogP contribution in [0.25, 0.3) is 0 Å². The first-order valence-electron chi connectivity index (χ1n) is 5.03. The van der Waals surface area contributed by atoms with Crippen LogP contribution < -0.4 is 10.5 Å². The van der Waals surface area contributed by atoms with Gasteiger partial charge in [0.1, 0.15) is 4.21 Å². The van der Waals surface area contributed by atoms with E-state index in [-0.39, 0.29) is 4.21 Å². The van der Waals surface area contributed by atoms with Crippen LogP contribution in [-0.2, 0) is 10.0 Å². The number of rotatable bonds is 3. The van der Waals surface area contributed by atoms with Crippen molar-refractivity contribution in [3.63, 3.8) is 0 Å². The molecular weight excluding hydrogens is 336 g/mol. The average Bonchev–Trinajstić information content (AvgIpc) is 2.71. The summed E-state index contributed by atoms with van der Waals surface area (Å²) in [6.45, 7) is 1.87. The fourth-order valence-electron chi connectivity index (χ4n) is 1.40. The van der Waals surface area contributed by atoms with Crippen molar-refractivity contribution in [3.05, 3.63) is 39.7 Å². The van der Waals surface area contributed by atoms with Crippen molar-refractivity contribution in [2.75, 3.05) is 10.5 Å². The number of halogens is 1. The summed E-state index contributed by atoms with van der Waals surface area (Å²) >= 11 is 4.39. The SMILES string of the molecule is Cc1ccc(N)c(NS(=O)(=O)c2ccc(Br)s2)c1. The van der Waals surface area contributed by atoms with Gasteiger partial charge in [0, 0.05) is 0 Å². The first-order chi connectivity index (χ1) is 8.38. The number of anilines is 2. The van der Waals surface area contributed by atoms with Gasteiger partial charge in [0.05, 0.1) is 15.2 Å². The highest BCUT2D eigenvalue weighted by atomic mass is 79.9. The Balaban J connectivity index is 2.36. The number of nitrogens with two attached hydrogens (primary N) is 1. The molecule has 0 saturated heterocycles. The zero-order chi connectivity index (χ0) is 13.3. The maximum Gasteiger partial charge on any atom is 0.271 e. The summed E-state index contributed by atoms with van der Waals surface area (Å²) < 4.78 is 27.7. The van der Waals surface area contributed by atoms with Crippen LogP contribution in [0.4, 0.5) is 11.4 Å². The summed E-state index contributed by atoms with van der Waals surface area (Å²) in [4.78, 5) is 0. The van der Waals surface area contributed by atoms with Crippen molar-refractivity contribution >= 4 is 48.7 Å². The van der Waals surface area contributed by atoms with E-state index in [1.54, 1.807) is 24.3 Å². The number of sulfonamides is 1. The van der Waals surface area contributed by atoms with E-state index in [9.17, 15) is 8.42 Å². The maximum absolute atomic E-state index is 12.1. The second kappa shape index (κ2) is 4.91. The molecule has 0 atom stereocenters. The van der Waals surface area contributed by atoms with Gasteiger partial charge in [0.25, 0.3) is 10.0 Å². The van der Waals surface area contributed by atoms with Crippen LogP contribution in [0, 0.1) is 6.92 Å². The highest BCUT2D eigenvalue weighted by Crippen LogP contribution is 2.29. The van der Waals surface area contributed by atoms with Gasteiger partial charge in [-0.15, -0.1) is 11.3 Å². The lowest BCUT2D eigenvalue weighted by molar-refractivity contribution is 0.603.